The summed E-state index contributed by atoms with van der Waals surface area (Å²) in [5, 5.41) is 24.0. The van der Waals surface area contributed by atoms with Gasteiger partial charge in [-0.2, -0.15) is 9.78 Å². The van der Waals surface area contributed by atoms with Gasteiger partial charge in [0.25, 0.3) is 0 Å². The number of amides is 2. The summed E-state index contributed by atoms with van der Waals surface area (Å²) in [6.45, 7) is 0. The van der Waals surface area contributed by atoms with Gasteiger partial charge in [0.2, 0.25) is 11.8 Å². The van der Waals surface area contributed by atoms with E-state index >= 15 is 0 Å². The molecule has 0 radical (unpaired) electrons. The molecule has 0 saturated carbocycles. The number of fused-ring (bicyclic) bond motifs is 4. The van der Waals surface area contributed by atoms with Gasteiger partial charge in [0.05, 0.1) is 28.9 Å². The fourth-order valence-electron chi connectivity index (χ4n) is 7.26. The normalized spacial score (nSPS) is 11.2. The summed E-state index contributed by atoms with van der Waals surface area (Å²) in [6.07, 6.45) is 2.40. The SMILES string of the molecule is O=C(CCl)Nc1cccc(-c2nc(Nc3ccc4c(cnn4OC(=O)n4ncc5cc(Nc6nc(-c7cccc(NC(=O)CCl)c7)nc7ccccc67)ccc54)c3)c3ccccc3n2)c1. The molecule has 10 rings (SSSR count). The molecule has 0 bridgehead atoms. The third-order valence-corrected chi connectivity index (χ3v) is 10.7. The van der Waals surface area contributed by atoms with Crippen molar-refractivity contribution < 1.29 is 19.2 Å². The van der Waals surface area contributed by atoms with Gasteiger partial charge in [-0.25, -0.2) is 24.7 Å². The van der Waals surface area contributed by atoms with Crippen LogP contribution in [0, 0.1) is 0 Å². The molecule has 4 heterocycles. The minimum Gasteiger partial charge on any atom is -0.340 e. The lowest BCUT2D eigenvalue weighted by molar-refractivity contribution is -0.114. The molecular weight excluding hydrogens is 868 g/mol. The van der Waals surface area contributed by atoms with Gasteiger partial charge in [0, 0.05) is 55.4 Å². The maximum Gasteiger partial charge on any atom is 0.461 e. The van der Waals surface area contributed by atoms with E-state index < -0.39 is 6.09 Å². The van der Waals surface area contributed by atoms with E-state index in [9.17, 15) is 14.4 Å². The van der Waals surface area contributed by atoms with Crippen LogP contribution in [0.15, 0.2) is 146 Å². The molecule has 0 aliphatic rings. The Balaban J connectivity index is 0.872. The van der Waals surface area contributed by atoms with Crippen molar-refractivity contribution in [1.82, 2.24) is 39.7 Å². The van der Waals surface area contributed by atoms with Crippen LogP contribution in [-0.4, -0.2) is 69.3 Å². The molecule has 4 N–H and O–H groups in total. The number of rotatable bonds is 11. The van der Waals surface area contributed by atoms with Gasteiger partial charge in [-0.3, -0.25) is 14.4 Å². The molecule has 2 amide bonds. The van der Waals surface area contributed by atoms with E-state index in [0.29, 0.717) is 79.0 Å². The van der Waals surface area contributed by atoms with Crippen LogP contribution in [0.25, 0.3) is 66.4 Å². The minimum atomic E-state index is -0.768. The Morgan fingerprint density at radius 1 is 0.523 bits per heavy atom. The van der Waals surface area contributed by atoms with Crippen molar-refractivity contribution in [3.63, 3.8) is 0 Å². The highest BCUT2D eigenvalue weighted by Crippen LogP contribution is 2.32. The molecule has 0 unspecified atom stereocenters. The van der Waals surface area contributed by atoms with E-state index in [1.165, 1.54) is 0 Å². The number of benzene rings is 6. The zero-order valence-corrected chi connectivity index (χ0v) is 35.2. The second kappa shape index (κ2) is 17.4. The maximum atomic E-state index is 13.6. The largest absolute Gasteiger partial charge is 0.461 e. The molecule has 65 heavy (non-hydrogen) atoms. The summed E-state index contributed by atoms with van der Waals surface area (Å²) >= 11 is 11.4. The van der Waals surface area contributed by atoms with E-state index in [-0.39, 0.29) is 23.6 Å². The number of hydrogen-bond acceptors (Lipinski definition) is 12. The summed E-state index contributed by atoms with van der Waals surface area (Å²) in [5.41, 5.74) is 6.44. The first-order valence-corrected chi connectivity index (χ1v) is 21.0. The zero-order valence-electron chi connectivity index (χ0n) is 33.7. The summed E-state index contributed by atoms with van der Waals surface area (Å²) in [4.78, 5) is 63.6. The fraction of sp³-hybridized carbons (Fsp3) is 0.0426. The first-order valence-electron chi connectivity index (χ1n) is 20.0. The van der Waals surface area contributed by atoms with Crippen molar-refractivity contribution >= 4 is 119 Å². The van der Waals surface area contributed by atoms with Crippen molar-refractivity contribution in [2.75, 3.05) is 33.0 Å². The number of para-hydroxylation sites is 2. The second-order valence-corrected chi connectivity index (χ2v) is 15.1. The van der Waals surface area contributed by atoms with Crippen LogP contribution in [-0.2, 0) is 9.59 Å². The molecule has 4 aromatic heterocycles. The van der Waals surface area contributed by atoms with Gasteiger partial charge < -0.3 is 21.3 Å². The van der Waals surface area contributed by atoms with Crippen LogP contribution in [0.1, 0.15) is 0 Å². The average molecular weight is 900 g/mol. The molecule has 0 fully saturated rings. The molecular formula is C47H32Cl2N12O4. The monoisotopic (exact) mass is 898 g/mol. The smallest absolute Gasteiger partial charge is 0.340 e. The minimum absolute atomic E-state index is 0.162. The second-order valence-electron chi connectivity index (χ2n) is 14.6. The Hall–Kier alpha value is -8.47. The summed E-state index contributed by atoms with van der Waals surface area (Å²) in [6, 6.07) is 40.6. The van der Waals surface area contributed by atoms with E-state index in [2.05, 4.69) is 31.5 Å². The van der Waals surface area contributed by atoms with Crippen molar-refractivity contribution in [3.8, 4) is 22.8 Å². The molecule has 0 aliphatic heterocycles. The van der Waals surface area contributed by atoms with Crippen LogP contribution in [0.4, 0.5) is 39.2 Å². The van der Waals surface area contributed by atoms with Crippen LogP contribution < -0.4 is 26.1 Å². The van der Waals surface area contributed by atoms with Gasteiger partial charge in [-0.1, -0.05) is 53.4 Å². The molecule has 6 aromatic carbocycles. The van der Waals surface area contributed by atoms with Gasteiger partial charge in [-0.15, -0.1) is 28.3 Å². The fourth-order valence-corrected chi connectivity index (χ4v) is 7.40. The van der Waals surface area contributed by atoms with Crippen LogP contribution >= 0.6 is 23.2 Å². The number of carbonyl (C=O) groups excluding carboxylic acids is 3. The molecule has 0 saturated heterocycles. The third kappa shape index (κ3) is 8.41. The van der Waals surface area contributed by atoms with E-state index in [4.69, 9.17) is 48.0 Å². The summed E-state index contributed by atoms with van der Waals surface area (Å²) in [7, 11) is 0. The average Bonchev–Trinajstić information content (AvgIpc) is 3.95. The number of alkyl halides is 2. The highest BCUT2D eigenvalue weighted by atomic mass is 35.5. The zero-order chi connectivity index (χ0) is 44.4. The molecule has 0 atom stereocenters. The van der Waals surface area contributed by atoms with Gasteiger partial charge >= 0.3 is 6.09 Å². The highest BCUT2D eigenvalue weighted by Gasteiger charge is 2.18. The number of aromatic nitrogens is 8. The maximum absolute atomic E-state index is 13.6. The molecule has 16 nitrogen and oxygen atoms in total. The van der Waals surface area contributed by atoms with Crippen LogP contribution in [0.5, 0.6) is 0 Å². The van der Waals surface area contributed by atoms with Crippen molar-refractivity contribution in [2.24, 2.45) is 0 Å². The Morgan fingerprint density at radius 2 is 1.03 bits per heavy atom. The van der Waals surface area contributed by atoms with Crippen LogP contribution in [0.2, 0.25) is 0 Å². The van der Waals surface area contributed by atoms with Gasteiger partial charge in [0.15, 0.2) is 11.6 Å². The Labute approximate surface area is 378 Å². The first-order chi connectivity index (χ1) is 31.8. The van der Waals surface area contributed by atoms with E-state index in [1.807, 2.05) is 97.1 Å². The summed E-state index contributed by atoms with van der Waals surface area (Å²) < 4.78 is 1.16. The Kier molecular flexibility index (Phi) is 10.8. The molecule has 10 aromatic rings. The lowest BCUT2D eigenvalue weighted by atomic mass is 10.1. The summed E-state index contributed by atoms with van der Waals surface area (Å²) in [5.74, 6) is 1.06. The van der Waals surface area contributed by atoms with E-state index in [1.54, 1.807) is 48.8 Å². The Bertz CT molecular complexity index is 3500. The molecule has 18 heteroatoms. The van der Waals surface area contributed by atoms with Crippen molar-refractivity contribution in [1.29, 1.82) is 0 Å². The standard InChI is InChI=1S/C47H32Cl2N12O4/c48-23-41(62)52-31-9-5-7-27(19-31)43-56-37-13-3-1-11-35(37)45(58-43)54-33-15-17-39-29(21-33)25-50-60(39)47(64)65-61-40-18-16-34(22-30(40)26-51-61)55-46-36-12-2-4-14-38(36)57-44(59-46)28-8-6-10-32(20-28)53-42(63)24-49/h1-22,25-26H,23-24H2,(H,52,62)(H,53,63)(H,54,56,58)(H,55,57,59). The first kappa shape index (κ1) is 40.6. The predicted octanol–water partition coefficient (Wildman–Crippen LogP) is 9.55. The number of halogens is 2. The number of nitrogens with zero attached hydrogens (tertiary/aromatic N) is 8. The Morgan fingerprint density at radius 3 is 1.58 bits per heavy atom. The van der Waals surface area contributed by atoms with Gasteiger partial charge in [-0.05, 0) is 84.9 Å². The van der Waals surface area contributed by atoms with Gasteiger partial charge in [0.1, 0.15) is 28.9 Å². The quantitative estimate of drug-likeness (QED) is 0.0899. The number of nitrogens with one attached hydrogen (secondary N) is 4. The number of hydrogen-bond donors (Lipinski definition) is 4. The highest BCUT2D eigenvalue weighted by molar-refractivity contribution is 6.29. The molecule has 0 spiro atoms. The van der Waals surface area contributed by atoms with E-state index in [0.717, 1.165) is 31.3 Å². The molecule has 318 valence electrons. The van der Waals surface area contributed by atoms with Crippen molar-refractivity contribution in [3.05, 3.63) is 146 Å². The van der Waals surface area contributed by atoms with Crippen molar-refractivity contribution in [2.45, 2.75) is 0 Å². The van der Waals surface area contributed by atoms with Crippen LogP contribution in [0.3, 0.4) is 0 Å². The lowest BCUT2D eigenvalue weighted by Crippen LogP contribution is -2.26. The predicted molar refractivity (Wildman–Crippen MR) is 252 cm³/mol. The lowest BCUT2D eigenvalue weighted by Gasteiger charge is -2.12. The molecule has 0 aliphatic carbocycles. The third-order valence-electron chi connectivity index (χ3n) is 10.2. The number of anilines is 6. The topological polar surface area (TPSA) is 196 Å². The number of carbonyl (C=O) groups is 3.